The second-order valence-electron chi connectivity index (χ2n) is 15.7. The van der Waals surface area contributed by atoms with Crippen LogP contribution in [0.4, 0.5) is 11.4 Å². The van der Waals surface area contributed by atoms with Crippen LogP contribution in [0.25, 0.3) is 16.6 Å². The van der Waals surface area contributed by atoms with Gasteiger partial charge in [-0.15, -0.1) is 0 Å². The monoisotopic (exact) mass is 787 g/mol. The van der Waals surface area contributed by atoms with E-state index in [2.05, 4.69) is 46.3 Å². The Balaban J connectivity index is 0.773. The first-order chi connectivity index (χ1) is 28.1. The van der Waals surface area contributed by atoms with Gasteiger partial charge in [-0.2, -0.15) is 10.2 Å². The number of anilines is 2. The molecule has 0 aliphatic carbocycles. The highest BCUT2D eigenvalue weighted by Gasteiger charge is 2.45. The van der Waals surface area contributed by atoms with E-state index in [1.807, 2.05) is 32.0 Å². The van der Waals surface area contributed by atoms with E-state index in [-0.39, 0.29) is 30.9 Å². The largest absolute Gasteiger partial charge is 0.489 e. The fourth-order valence-corrected chi connectivity index (χ4v) is 8.46. The third-order valence-corrected chi connectivity index (χ3v) is 11.6. The summed E-state index contributed by atoms with van der Waals surface area (Å²) < 4.78 is 9.76. The molecule has 3 aromatic heterocycles. The number of nitrogens with zero attached hydrogens (tertiary/aromatic N) is 9. The van der Waals surface area contributed by atoms with E-state index in [0.717, 1.165) is 86.7 Å². The van der Waals surface area contributed by atoms with E-state index in [0.29, 0.717) is 33.8 Å². The molecule has 17 nitrogen and oxygen atoms in total. The summed E-state index contributed by atoms with van der Waals surface area (Å²) in [6, 6.07) is 10.2. The molecule has 0 bridgehead atoms. The molecule has 0 radical (unpaired) electrons. The molecule has 17 heteroatoms. The third kappa shape index (κ3) is 7.15. The van der Waals surface area contributed by atoms with Crippen LogP contribution in [-0.2, 0) is 9.59 Å². The van der Waals surface area contributed by atoms with E-state index >= 15 is 0 Å². The topological polar surface area (TPSA) is 180 Å². The average Bonchev–Trinajstić information content (AvgIpc) is 3.91. The quantitative estimate of drug-likeness (QED) is 0.198. The van der Waals surface area contributed by atoms with Gasteiger partial charge in [0.1, 0.15) is 17.4 Å². The summed E-state index contributed by atoms with van der Waals surface area (Å²) in [4.78, 5) is 76.4. The number of piperidine rings is 2. The van der Waals surface area contributed by atoms with Crippen molar-refractivity contribution in [1.29, 1.82) is 0 Å². The average molecular weight is 788 g/mol. The van der Waals surface area contributed by atoms with Crippen LogP contribution in [0, 0.1) is 0 Å². The maximum atomic E-state index is 13.4. The molecule has 1 unspecified atom stereocenters. The van der Waals surface area contributed by atoms with E-state index < -0.39 is 29.7 Å². The smallest absolute Gasteiger partial charge is 0.262 e. The number of benzene rings is 2. The Morgan fingerprint density at radius 1 is 0.931 bits per heavy atom. The first kappa shape index (κ1) is 37.4. The Bertz CT molecular complexity index is 2440. The summed E-state index contributed by atoms with van der Waals surface area (Å²) in [6.45, 7) is 11.1. The Morgan fingerprint density at radius 2 is 1.69 bits per heavy atom. The molecule has 58 heavy (non-hydrogen) atoms. The lowest BCUT2D eigenvalue weighted by molar-refractivity contribution is -0.136. The number of aromatic nitrogens is 5. The Labute approximate surface area is 333 Å². The van der Waals surface area contributed by atoms with Gasteiger partial charge in [0.25, 0.3) is 17.7 Å². The number of ether oxygens (including phenoxy) is 1. The summed E-state index contributed by atoms with van der Waals surface area (Å²) in [5.74, 6) is -1.74. The van der Waals surface area contributed by atoms with Crippen molar-refractivity contribution in [2.24, 2.45) is 0 Å². The van der Waals surface area contributed by atoms with Gasteiger partial charge < -0.3 is 19.9 Å². The standard InChI is InChI=1S/C41H45N11O6/c1-25(2)58-35-22-32-26(20-33(35)44-38(54)31-23-43-50-11-3-10-42-37(31)50)24-51(46-32)27-8-12-47(13-9-27)14-15-48-16-18-49(19-17-48)28-4-5-29-30(21-28)41(57)52(40(29)56)34-6-7-36(53)45-39(34)55/h3-5,10-11,20-25,27,34H,6-9,12-19H2,1-2H3,(H,44,54)(H,45,53,55). The van der Waals surface area contributed by atoms with Gasteiger partial charge >= 0.3 is 0 Å². The van der Waals surface area contributed by atoms with Crippen LogP contribution in [0.5, 0.6) is 5.75 Å². The highest BCUT2D eigenvalue weighted by Crippen LogP contribution is 2.34. The second-order valence-corrected chi connectivity index (χ2v) is 15.7. The van der Waals surface area contributed by atoms with E-state index in [1.165, 1.54) is 6.20 Å². The first-order valence-corrected chi connectivity index (χ1v) is 19.9. The summed E-state index contributed by atoms with van der Waals surface area (Å²) in [5.41, 5.74) is 3.69. The zero-order valence-electron chi connectivity index (χ0n) is 32.5. The minimum atomic E-state index is -0.975. The molecule has 0 spiro atoms. The van der Waals surface area contributed by atoms with Gasteiger partial charge in [-0.25, -0.2) is 9.50 Å². The van der Waals surface area contributed by atoms with E-state index in [9.17, 15) is 24.0 Å². The Morgan fingerprint density at radius 3 is 2.45 bits per heavy atom. The van der Waals surface area contributed by atoms with Gasteiger partial charge in [-0.05, 0) is 63.4 Å². The molecule has 9 rings (SSSR count). The lowest BCUT2D eigenvalue weighted by Crippen LogP contribution is -2.54. The predicted octanol–water partition coefficient (Wildman–Crippen LogP) is 2.98. The van der Waals surface area contributed by atoms with Gasteiger partial charge in [0.15, 0.2) is 5.65 Å². The molecule has 2 aromatic carbocycles. The number of likely N-dealkylation sites (tertiary alicyclic amines) is 1. The van der Waals surface area contributed by atoms with Crippen molar-refractivity contribution < 1.29 is 28.7 Å². The summed E-state index contributed by atoms with van der Waals surface area (Å²) in [6.07, 6.45) is 9.03. The summed E-state index contributed by atoms with van der Waals surface area (Å²) in [5, 5.41) is 15.4. The van der Waals surface area contributed by atoms with Gasteiger partial charge in [-0.1, -0.05) is 0 Å². The van der Waals surface area contributed by atoms with Crippen molar-refractivity contribution >= 4 is 57.5 Å². The predicted molar refractivity (Wildman–Crippen MR) is 213 cm³/mol. The van der Waals surface area contributed by atoms with Crippen LogP contribution in [0.15, 0.2) is 61.2 Å². The van der Waals surface area contributed by atoms with Crippen molar-refractivity contribution in [3.05, 3.63) is 77.9 Å². The molecule has 7 heterocycles. The molecule has 2 N–H and O–H groups in total. The fraction of sp³-hybridized carbons (Fsp3) is 0.415. The lowest BCUT2D eigenvalue weighted by Gasteiger charge is -2.38. The van der Waals surface area contributed by atoms with Crippen LogP contribution >= 0.6 is 0 Å². The Hall–Kier alpha value is -6.20. The SMILES string of the molecule is CC(C)Oc1cc2nn(C3CCN(CCN4CCN(c5ccc6c(c5)C(=O)N(C5CCC(=O)NC5=O)C6=O)CC4)CC3)cc2cc1NC(=O)c1cnn2cccnc12. The highest BCUT2D eigenvalue weighted by molar-refractivity contribution is 6.23. The third-order valence-electron chi connectivity index (χ3n) is 11.6. The first-order valence-electron chi connectivity index (χ1n) is 19.9. The number of hydrogen-bond donors (Lipinski definition) is 2. The van der Waals surface area contributed by atoms with Crippen LogP contribution in [-0.4, -0.2) is 133 Å². The van der Waals surface area contributed by atoms with Crippen LogP contribution < -0.4 is 20.3 Å². The van der Waals surface area contributed by atoms with Crippen LogP contribution in [0.2, 0.25) is 0 Å². The maximum absolute atomic E-state index is 13.4. The van der Waals surface area contributed by atoms with Gasteiger partial charge in [-0.3, -0.25) is 43.8 Å². The fourth-order valence-electron chi connectivity index (χ4n) is 8.46. The normalized spacial score (nSPS) is 19.7. The summed E-state index contributed by atoms with van der Waals surface area (Å²) >= 11 is 0. The van der Waals surface area contributed by atoms with Crippen LogP contribution in [0.3, 0.4) is 0 Å². The zero-order chi connectivity index (χ0) is 40.1. The van der Waals surface area contributed by atoms with E-state index in [1.54, 1.807) is 35.1 Å². The van der Waals surface area contributed by atoms with Crippen molar-refractivity contribution in [2.75, 3.05) is 62.6 Å². The molecule has 0 saturated carbocycles. The molecule has 300 valence electrons. The highest BCUT2D eigenvalue weighted by atomic mass is 16.5. The second kappa shape index (κ2) is 15.3. The Kier molecular flexibility index (Phi) is 9.85. The number of nitrogens with one attached hydrogen (secondary N) is 2. The van der Waals surface area contributed by atoms with Crippen molar-refractivity contribution in [1.82, 2.24) is 44.4 Å². The number of carbonyl (C=O) groups excluding carboxylic acids is 5. The molecular formula is C41H45N11O6. The molecule has 3 saturated heterocycles. The molecule has 4 aliphatic rings. The lowest BCUT2D eigenvalue weighted by atomic mass is 10.0. The zero-order valence-corrected chi connectivity index (χ0v) is 32.5. The number of hydrogen-bond acceptors (Lipinski definition) is 12. The number of carbonyl (C=O) groups is 5. The molecular weight excluding hydrogens is 743 g/mol. The number of rotatable bonds is 10. The summed E-state index contributed by atoms with van der Waals surface area (Å²) in [7, 11) is 0. The van der Waals surface area contributed by atoms with Gasteiger partial charge in [0.2, 0.25) is 11.8 Å². The number of piperazine rings is 1. The van der Waals surface area contributed by atoms with Crippen molar-refractivity contribution in [3.63, 3.8) is 0 Å². The van der Waals surface area contributed by atoms with E-state index in [4.69, 9.17) is 9.84 Å². The van der Waals surface area contributed by atoms with Gasteiger partial charge in [0.05, 0.1) is 40.7 Å². The molecule has 3 fully saturated rings. The van der Waals surface area contributed by atoms with Crippen molar-refractivity contribution in [2.45, 2.75) is 57.7 Å². The number of imide groups is 2. The molecule has 4 aliphatic heterocycles. The molecule has 5 amide bonds. The minimum absolute atomic E-state index is 0.0906. The number of fused-ring (bicyclic) bond motifs is 3. The molecule has 1 atom stereocenters. The van der Waals surface area contributed by atoms with Crippen LogP contribution in [0.1, 0.15) is 76.6 Å². The molecule has 5 aromatic rings. The van der Waals surface area contributed by atoms with Crippen molar-refractivity contribution in [3.8, 4) is 5.75 Å². The van der Waals surface area contributed by atoms with Gasteiger partial charge in [0, 0.05) is 94.5 Å². The minimum Gasteiger partial charge on any atom is -0.489 e. The number of amides is 5. The maximum Gasteiger partial charge on any atom is 0.262 e.